The van der Waals surface area contributed by atoms with Crippen molar-refractivity contribution in [3.8, 4) is 0 Å². The molecule has 1 unspecified atom stereocenters. The van der Waals surface area contributed by atoms with E-state index in [0.717, 1.165) is 30.5 Å². The second-order valence-corrected chi connectivity index (χ2v) is 3.79. The lowest BCUT2D eigenvalue weighted by Crippen LogP contribution is -2.22. The highest BCUT2D eigenvalue weighted by Crippen LogP contribution is 2.16. The molecule has 4 nitrogen and oxygen atoms in total. The van der Waals surface area contributed by atoms with Gasteiger partial charge in [0.25, 0.3) is 0 Å². The molecule has 0 aliphatic carbocycles. The molecule has 0 saturated carbocycles. The lowest BCUT2D eigenvalue weighted by atomic mass is 10.0. The molecule has 1 heterocycles. The molecule has 0 amide bonds. The highest BCUT2D eigenvalue weighted by molar-refractivity contribution is 5.57. The van der Waals surface area contributed by atoms with Crippen molar-refractivity contribution >= 4 is 12.1 Å². The number of nitrogens with zero attached hydrogens (tertiary/aromatic N) is 1. The summed E-state index contributed by atoms with van der Waals surface area (Å²) in [6.45, 7) is 2.09. The minimum atomic E-state index is -0.380. The average molecular weight is 221 g/mol. The summed E-state index contributed by atoms with van der Waals surface area (Å²) in [6.07, 6.45) is 5.05. The number of aldehydes is 1. The fraction of sp³-hybridized carbons (Fsp3) is 0.500. The van der Waals surface area contributed by atoms with E-state index in [1.165, 1.54) is 5.56 Å². The first-order chi connectivity index (χ1) is 7.71. The molecule has 3 N–H and O–H groups in total. The van der Waals surface area contributed by atoms with Gasteiger partial charge in [-0.3, -0.25) is 0 Å². The van der Waals surface area contributed by atoms with Crippen LogP contribution >= 0.6 is 0 Å². The molecular formula is C12H19N3O. The lowest BCUT2D eigenvalue weighted by Gasteiger charge is -2.10. The maximum Gasteiger partial charge on any atom is 0.136 e. The van der Waals surface area contributed by atoms with Crippen LogP contribution in [0.1, 0.15) is 24.5 Å². The van der Waals surface area contributed by atoms with E-state index in [9.17, 15) is 4.79 Å². The second kappa shape index (κ2) is 6.23. The van der Waals surface area contributed by atoms with Gasteiger partial charge in [-0.1, -0.05) is 13.0 Å². The standard InChI is InChI=1S/C12H19N3O/c1-3-9-6-10(4-5-11(13)8-16)12(14-2)15-7-9/h6-8,11H,3-5,13H2,1-2H3,(H,14,15). The Bertz CT molecular complexity index is 352. The Morgan fingerprint density at radius 3 is 2.94 bits per heavy atom. The Morgan fingerprint density at radius 1 is 1.62 bits per heavy atom. The van der Waals surface area contributed by atoms with Crippen LogP contribution in [-0.2, 0) is 17.6 Å². The molecule has 0 aromatic carbocycles. The number of carbonyl (C=O) groups excluding carboxylic acids is 1. The molecule has 1 atom stereocenters. The van der Waals surface area contributed by atoms with Crippen molar-refractivity contribution in [2.24, 2.45) is 5.73 Å². The Morgan fingerprint density at radius 2 is 2.38 bits per heavy atom. The SMILES string of the molecule is CCc1cnc(NC)c(CCC(N)C=O)c1. The van der Waals surface area contributed by atoms with Crippen molar-refractivity contribution in [3.05, 3.63) is 23.4 Å². The third kappa shape index (κ3) is 3.31. The van der Waals surface area contributed by atoms with E-state index < -0.39 is 0 Å². The Hall–Kier alpha value is -1.42. The number of hydrogen-bond donors (Lipinski definition) is 2. The minimum Gasteiger partial charge on any atom is -0.373 e. The van der Waals surface area contributed by atoms with E-state index in [-0.39, 0.29) is 6.04 Å². The summed E-state index contributed by atoms with van der Waals surface area (Å²) in [7, 11) is 1.84. The molecule has 0 saturated heterocycles. The Kier molecular flexibility index (Phi) is 4.92. The summed E-state index contributed by atoms with van der Waals surface area (Å²) in [4.78, 5) is 14.8. The van der Waals surface area contributed by atoms with Crippen LogP contribution in [0.15, 0.2) is 12.3 Å². The maximum absolute atomic E-state index is 10.4. The molecular weight excluding hydrogens is 202 g/mol. The van der Waals surface area contributed by atoms with Crippen LogP contribution in [0.5, 0.6) is 0 Å². The van der Waals surface area contributed by atoms with Gasteiger partial charge in [0, 0.05) is 13.2 Å². The molecule has 0 aliphatic rings. The molecule has 88 valence electrons. The Balaban J connectivity index is 2.78. The quantitative estimate of drug-likeness (QED) is 0.707. The van der Waals surface area contributed by atoms with Crippen molar-refractivity contribution in [1.29, 1.82) is 0 Å². The number of pyridine rings is 1. The number of hydrogen-bond acceptors (Lipinski definition) is 4. The van der Waals surface area contributed by atoms with Crippen molar-refractivity contribution < 1.29 is 4.79 Å². The number of aromatic nitrogens is 1. The molecule has 0 spiro atoms. The summed E-state index contributed by atoms with van der Waals surface area (Å²) < 4.78 is 0. The third-order valence-electron chi connectivity index (χ3n) is 2.59. The van der Waals surface area contributed by atoms with Crippen LogP contribution in [0, 0.1) is 0 Å². The predicted molar refractivity (Wildman–Crippen MR) is 65.5 cm³/mol. The Labute approximate surface area is 96.3 Å². The van der Waals surface area contributed by atoms with Crippen molar-refractivity contribution in [2.45, 2.75) is 32.2 Å². The van der Waals surface area contributed by atoms with Crippen molar-refractivity contribution in [2.75, 3.05) is 12.4 Å². The minimum absolute atomic E-state index is 0.380. The highest BCUT2D eigenvalue weighted by Gasteiger charge is 2.06. The van der Waals surface area contributed by atoms with Crippen LogP contribution in [0.25, 0.3) is 0 Å². The van der Waals surface area contributed by atoms with E-state index in [1.807, 2.05) is 13.2 Å². The first-order valence-electron chi connectivity index (χ1n) is 5.57. The zero-order valence-electron chi connectivity index (χ0n) is 9.86. The number of carbonyl (C=O) groups is 1. The van der Waals surface area contributed by atoms with Crippen LogP contribution < -0.4 is 11.1 Å². The normalized spacial score (nSPS) is 12.2. The van der Waals surface area contributed by atoms with Crippen LogP contribution in [0.3, 0.4) is 0 Å². The predicted octanol–water partition coefficient (Wildman–Crippen LogP) is 1.14. The molecule has 0 aliphatic heterocycles. The monoisotopic (exact) mass is 221 g/mol. The molecule has 1 aromatic heterocycles. The van der Waals surface area contributed by atoms with Gasteiger partial charge in [0.1, 0.15) is 12.1 Å². The van der Waals surface area contributed by atoms with Gasteiger partial charge >= 0.3 is 0 Å². The summed E-state index contributed by atoms with van der Waals surface area (Å²) in [5.74, 6) is 0.871. The van der Waals surface area contributed by atoms with Gasteiger partial charge in [0.15, 0.2) is 0 Å². The summed E-state index contributed by atoms with van der Waals surface area (Å²) in [6, 6.07) is 1.74. The highest BCUT2D eigenvalue weighted by atomic mass is 16.1. The van der Waals surface area contributed by atoms with Gasteiger partial charge < -0.3 is 15.8 Å². The summed E-state index contributed by atoms with van der Waals surface area (Å²) in [5.41, 5.74) is 7.90. The smallest absolute Gasteiger partial charge is 0.136 e. The maximum atomic E-state index is 10.4. The van der Waals surface area contributed by atoms with E-state index in [0.29, 0.717) is 6.42 Å². The topological polar surface area (TPSA) is 68.0 Å². The fourth-order valence-electron chi connectivity index (χ4n) is 1.56. The van der Waals surface area contributed by atoms with Gasteiger partial charge in [0.2, 0.25) is 0 Å². The largest absolute Gasteiger partial charge is 0.373 e. The van der Waals surface area contributed by atoms with Gasteiger partial charge in [-0.15, -0.1) is 0 Å². The number of rotatable bonds is 6. The number of nitrogens with two attached hydrogens (primary N) is 1. The average Bonchev–Trinajstić information content (AvgIpc) is 2.35. The van der Waals surface area contributed by atoms with E-state index in [4.69, 9.17) is 5.73 Å². The van der Waals surface area contributed by atoms with Gasteiger partial charge in [-0.05, 0) is 30.4 Å². The zero-order valence-corrected chi connectivity index (χ0v) is 9.86. The van der Waals surface area contributed by atoms with Gasteiger partial charge in [0.05, 0.1) is 6.04 Å². The molecule has 4 heteroatoms. The van der Waals surface area contributed by atoms with Gasteiger partial charge in [-0.2, -0.15) is 0 Å². The third-order valence-corrected chi connectivity index (χ3v) is 2.59. The first-order valence-corrected chi connectivity index (χ1v) is 5.57. The molecule has 0 radical (unpaired) electrons. The van der Waals surface area contributed by atoms with E-state index in [1.54, 1.807) is 0 Å². The van der Waals surface area contributed by atoms with Crippen LogP contribution in [0.4, 0.5) is 5.82 Å². The number of nitrogens with one attached hydrogen (secondary N) is 1. The lowest BCUT2D eigenvalue weighted by molar-refractivity contribution is -0.109. The molecule has 1 aromatic rings. The molecule has 0 bridgehead atoms. The first kappa shape index (κ1) is 12.6. The molecule has 0 fully saturated rings. The van der Waals surface area contributed by atoms with E-state index >= 15 is 0 Å². The fourth-order valence-corrected chi connectivity index (χ4v) is 1.56. The number of aryl methyl sites for hydroxylation is 2. The van der Waals surface area contributed by atoms with Crippen LogP contribution in [0.2, 0.25) is 0 Å². The van der Waals surface area contributed by atoms with Crippen molar-refractivity contribution in [3.63, 3.8) is 0 Å². The molecule has 1 rings (SSSR count). The zero-order chi connectivity index (χ0) is 12.0. The molecule has 16 heavy (non-hydrogen) atoms. The van der Waals surface area contributed by atoms with Crippen LogP contribution in [-0.4, -0.2) is 24.4 Å². The van der Waals surface area contributed by atoms with Gasteiger partial charge in [-0.25, -0.2) is 4.98 Å². The van der Waals surface area contributed by atoms with Crippen molar-refractivity contribution in [1.82, 2.24) is 4.98 Å². The number of anilines is 1. The second-order valence-electron chi connectivity index (χ2n) is 3.79. The van der Waals surface area contributed by atoms with E-state index in [2.05, 4.69) is 23.3 Å². The summed E-state index contributed by atoms with van der Waals surface area (Å²) in [5, 5.41) is 3.05. The summed E-state index contributed by atoms with van der Waals surface area (Å²) >= 11 is 0.